The highest BCUT2D eigenvalue weighted by Gasteiger charge is 2.45. The van der Waals surface area contributed by atoms with E-state index in [0.29, 0.717) is 0 Å². The zero-order valence-electron chi connectivity index (χ0n) is 17.6. The predicted molar refractivity (Wildman–Crippen MR) is 118 cm³/mol. The fourth-order valence-corrected chi connectivity index (χ4v) is 5.15. The number of carboxylic acid groups (broad SMARTS) is 1. The molecule has 3 rings (SSSR count). The number of aliphatic hydroxyl groups excluding tert-OH is 1. The smallest absolute Gasteiger partial charge is 0.440 e. The second-order valence-corrected chi connectivity index (χ2v) is 9.98. The van der Waals surface area contributed by atoms with Crippen LogP contribution in [0.5, 0.6) is 11.5 Å². The number of aromatic nitrogens is 2. The summed E-state index contributed by atoms with van der Waals surface area (Å²) in [5.74, 6) is -1.49. The fourth-order valence-electron chi connectivity index (χ4n) is 2.91. The fraction of sp³-hybridized carbons (Fsp3) is 0.389. The van der Waals surface area contributed by atoms with Gasteiger partial charge in [-0.2, -0.15) is 4.98 Å². The number of thioether (sulfide) groups is 1. The van der Waals surface area contributed by atoms with E-state index in [1.807, 2.05) is 5.09 Å². The van der Waals surface area contributed by atoms with Gasteiger partial charge >= 0.3 is 19.4 Å². The van der Waals surface area contributed by atoms with Gasteiger partial charge in [0.15, 0.2) is 11.9 Å². The Hall–Kier alpha value is -2.68. The summed E-state index contributed by atoms with van der Waals surface area (Å²) >= 11 is 0.962. The van der Waals surface area contributed by atoms with E-state index in [9.17, 15) is 28.5 Å². The van der Waals surface area contributed by atoms with Crippen LogP contribution in [0.2, 0.25) is 0 Å². The second-order valence-electron chi connectivity index (χ2n) is 7.17. The highest BCUT2D eigenvalue weighted by Crippen LogP contribution is 2.44. The number of ether oxygens (including phenoxy) is 1. The molecule has 0 radical (unpaired) electrons. The summed E-state index contributed by atoms with van der Waals surface area (Å²) in [6, 6.07) is 5.79. The number of rotatable bonds is 10. The lowest BCUT2D eigenvalue weighted by Crippen LogP contribution is -2.34. The third-order valence-electron chi connectivity index (χ3n) is 4.63. The Labute approximate surface area is 196 Å². The Balaban J connectivity index is 1.64. The van der Waals surface area contributed by atoms with Gasteiger partial charge in [-0.25, -0.2) is 18.8 Å². The van der Waals surface area contributed by atoms with Crippen molar-refractivity contribution in [2.24, 2.45) is 0 Å². The minimum Gasteiger partial charge on any atom is -0.488 e. The van der Waals surface area contributed by atoms with Crippen LogP contribution in [0.1, 0.15) is 12.3 Å². The quantitative estimate of drug-likeness (QED) is 0.167. The predicted octanol–water partition coefficient (Wildman–Crippen LogP) is 0.691. The second kappa shape index (κ2) is 10.7. The van der Waals surface area contributed by atoms with Crippen LogP contribution in [-0.4, -0.2) is 60.8 Å². The molecule has 6 N–H and O–H groups in total. The number of nitrogens with one attached hydrogen (secondary N) is 1. The van der Waals surface area contributed by atoms with Crippen molar-refractivity contribution >= 4 is 31.3 Å². The number of halogens is 1. The molecule has 2 unspecified atom stereocenters. The van der Waals surface area contributed by atoms with Gasteiger partial charge in [-0.1, -0.05) is 16.8 Å². The number of nitrogen functional groups attached to an aromatic ring is 1. The molecular formula is C18H22FN4O9PS. The topological polar surface area (TPSA) is 195 Å². The summed E-state index contributed by atoms with van der Waals surface area (Å²) in [6.07, 6.45) is -1.97. The molecule has 13 nitrogen and oxygen atoms in total. The van der Waals surface area contributed by atoms with Crippen molar-refractivity contribution in [2.45, 2.75) is 35.9 Å². The highest BCUT2D eigenvalue weighted by molar-refractivity contribution is 8.00. The van der Waals surface area contributed by atoms with Gasteiger partial charge in [-0.15, -0.1) is 11.8 Å². The van der Waals surface area contributed by atoms with Crippen molar-refractivity contribution in [3.63, 3.8) is 0 Å². The average Bonchev–Trinajstić information content (AvgIpc) is 3.05. The summed E-state index contributed by atoms with van der Waals surface area (Å²) < 4.78 is 37.8. The molecule has 0 bridgehead atoms. The first-order valence-electron chi connectivity index (χ1n) is 9.72. The van der Waals surface area contributed by atoms with E-state index >= 15 is 0 Å². The van der Waals surface area contributed by atoms with Crippen LogP contribution in [0.25, 0.3) is 0 Å². The number of carbonyl (C=O) groups is 1. The first kappa shape index (κ1) is 25.9. The molecule has 34 heavy (non-hydrogen) atoms. The van der Waals surface area contributed by atoms with Gasteiger partial charge in [0, 0.05) is 6.20 Å². The molecule has 0 amide bonds. The van der Waals surface area contributed by atoms with Crippen LogP contribution >= 0.6 is 19.5 Å². The number of anilines is 1. The standard InChI is InChI=1S/C18H22FN4O9PS/c1-9(17(25)26)22-33(28,29)32-31-11-5-3-2-4-10(11)30-8-12-15(24)14(19)16(34-12)23-7-6-13(20)21-18(23)27/h2-7,9,12,14-16,24H,8H2,1H3,(H,25,26)(H2,20,21,27)(H2,22,28,29)/t9?,12-,14+,15-,16-/m1/s1. The van der Waals surface area contributed by atoms with E-state index in [0.717, 1.165) is 23.3 Å². The van der Waals surface area contributed by atoms with Crippen molar-refractivity contribution in [1.82, 2.24) is 14.6 Å². The Bertz CT molecular complexity index is 1140. The number of carboxylic acids is 1. The summed E-state index contributed by atoms with van der Waals surface area (Å²) in [5.41, 5.74) is 4.69. The Morgan fingerprint density at radius 3 is 2.71 bits per heavy atom. The minimum atomic E-state index is -4.65. The number of para-hydroxylation sites is 2. The van der Waals surface area contributed by atoms with Gasteiger partial charge < -0.3 is 30.5 Å². The van der Waals surface area contributed by atoms with Crippen LogP contribution in [0.15, 0.2) is 41.3 Å². The van der Waals surface area contributed by atoms with Crippen LogP contribution < -0.4 is 26.1 Å². The molecule has 2 heterocycles. The van der Waals surface area contributed by atoms with Crippen LogP contribution in [0.3, 0.4) is 0 Å². The number of benzene rings is 1. The lowest BCUT2D eigenvalue weighted by molar-refractivity contribution is -0.139. The van der Waals surface area contributed by atoms with Crippen molar-refractivity contribution in [1.29, 1.82) is 0 Å². The monoisotopic (exact) mass is 520 g/mol. The van der Waals surface area contributed by atoms with Gasteiger partial charge in [0.25, 0.3) is 0 Å². The molecule has 0 aliphatic carbocycles. The van der Waals surface area contributed by atoms with Gasteiger partial charge in [-0.05, 0) is 25.1 Å². The maximum absolute atomic E-state index is 14.7. The molecule has 2 aromatic rings. The molecule has 1 aromatic carbocycles. The lowest BCUT2D eigenvalue weighted by Gasteiger charge is -2.18. The first-order valence-corrected chi connectivity index (χ1v) is 12.2. The normalized spacial score (nSPS) is 24.8. The molecule has 1 aromatic heterocycles. The molecule has 0 saturated carbocycles. The largest absolute Gasteiger partial charge is 0.488 e. The molecule has 6 atom stereocenters. The number of aliphatic hydroxyl groups is 1. The molecule has 1 saturated heterocycles. The summed E-state index contributed by atoms with van der Waals surface area (Å²) in [4.78, 5) is 41.0. The molecule has 186 valence electrons. The SMILES string of the molecule is CC(NP(=O)(O)OOc1ccccc1OC[C@H]1S[C@@H](n2ccc(N)nc2=O)[C@@H](F)[C@@H]1O)C(=O)O. The summed E-state index contributed by atoms with van der Waals surface area (Å²) in [7, 11) is -4.65. The zero-order valence-corrected chi connectivity index (χ0v) is 19.3. The molecule has 1 aliphatic rings. The van der Waals surface area contributed by atoms with E-state index in [1.54, 1.807) is 6.07 Å². The lowest BCUT2D eigenvalue weighted by atomic mass is 10.1. The third-order valence-corrected chi connectivity index (χ3v) is 7.15. The average molecular weight is 520 g/mol. The molecule has 16 heteroatoms. The molecule has 0 spiro atoms. The number of nitrogens with two attached hydrogens (primary N) is 1. The Morgan fingerprint density at radius 1 is 1.38 bits per heavy atom. The van der Waals surface area contributed by atoms with Crippen molar-refractivity contribution in [3.05, 3.63) is 47.0 Å². The Kier molecular flexibility index (Phi) is 8.17. The summed E-state index contributed by atoms with van der Waals surface area (Å²) in [6.45, 7) is 0.918. The molecule has 1 fully saturated rings. The van der Waals surface area contributed by atoms with E-state index in [-0.39, 0.29) is 23.9 Å². The van der Waals surface area contributed by atoms with E-state index in [1.165, 1.54) is 30.5 Å². The van der Waals surface area contributed by atoms with Crippen molar-refractivity contribution in [3.8, 4) is 11.5 Å². The van der Waals surface area contributed by atoms with Crippen LogP contribution in [0, 0.1) is 0 Å². The number of hydrogen-bond donors (Lipinski definition) is 5. The number of nitrogens with zero attached hydrogens (tertiary/aromatic N) is 2. The third kappa shape index (κ3) is 6.25. The van der Waals surface area contributed by atoms with E-state index in [4.69, 9.17) is 20.5 Å². The van der Waals surface area contributed by atoms with Crippen LogP contribution in [-0.2, 0) is 14.0 Å². The van der Waals surface area contributed by atoms with Gasteiger partial charge in [0.05, 0.1) is 5.25 Å². The molecule has 1 aliphatic heterocycles. The van der Waals surface area contributed by atoms with Gasteiger partial charge in [0.2, 0.25) is 5.75 Å². The van der Waals surface area contributed by atoms with Crippen LogP contribution in [0.4, 0.5) is 10.2 Å². The highest BCUT2D eigenvalue weighted by atomic mass is 32.2. The van der Waals surface area contributed by atoms with E-state index < -0.39 is 48.3 Å². The first-order chi connectivity index (χ1) is 16.0. The zero-order chi connectivity index (χ0) is 25.0. The molecular weight excluding hydrogens is 498 g/mol. The minimum absolute atomic E-state index is 0.0149. The van der Waals surface area contributed by atoms with E-state index in [2.05, 4.69) is 9.66 Å². The number of alkyl halides is 1. The van der Waals surface area contributed by atoms with Crippen molar-refractivity contribution < 1.29 is 43.2 Å². The maximum Gasteiger partial charge on any atom is 0.440 e. The number of hydrogen-bond acceptors (Lipinski definition) is 10. The summed E-state index contributed by atoms with van der Waals surface area (Å²) in [5, 5.41) is 19.1. The van der Waals surface area contributed by atoms with Gasteiger partial charge in [0.1, 0.15) is 29.9 Å². The maximum atomic E-state index is 14.7. The number of aliphatic carboxylic acids is 1. The van der Waals surface area contributed by atoms with Gasteiger partial charge in [-0.3, -0.25) is 9.36 Å². The Morgan fingerprint density at radius 2 is 2.06 bits per heavy atom. The van der Waals surface area contributed by atoms with Crippen molar-refractivity contribution in [2.75, 3.05) is 12.3 Å².